The molecule has 0 heterocycles. The van der Waals surface area contributed by atoms with Gasteiger partial charge in [-0.1, -0.05) is 18.3 Å². The van der Waals surface area contributed by atoms with Gasteiger partial charge in [-0.15, -0.1) is 0 Å². The summed E-state index contributed by atoms with van der Waals surface area (Å²) in [6.45, 7) is 1.37. The first kappa shape index (κ1) is 17.0. The number of rotatable bonds is 8. The highest BCUT2D eigenvalue weighted by Crippen LogP contribution is 2.62. The third kappa shape index (κ3) is 5.00. The van der Waals surface area contributed by atoms with Crippen molar-refractivity contribution in [1.29, 1.82) is 0 Å². The molecule has 5 nitrogen and oxygen atoms in total. The van der Waals surface area contributed by atoms with Gasteiger partial charge in [0.25, 0.3) is 6.65 Å². The Bertz CT molecular complexity index is 287. The molecule has 0 spiro atoms. The zero-order valence-corrected chi connectivity index (χ0v) is 13.0. The second-order valence-corrected chi connectivity index (χ2v) is 8.94. The van der Waals surface area contributed by atoms with E-state index in [2.05, 4.69) is 0 Å². The first-order valence-electron chi connectivity index (χ1n) is 5.60. The van der Waals surface area contributed by atoms with E-state index in [0.717, 1.165) is 12.2 Å². The molecule has 1 amide bonds. The Morgan fingerprint density at radius 1 is 1.41 bits per heavy atom. The molecule has 0 aromatic rings. The van der Waals surface area contributed by atoms with Gasteiger partial charge >= 0.3 is 0 Å². The monoisotopic (exact) mass is 282 g/mol. The lowest BCUT2D eigenvalue weighted by molar-refractivity contribution is -0.124. The molecule has 0 fully saturated rings. The lowest BCUT2D eigenvalue weighted by atomic mass is 10.6. The summed E-state index contributed by atoms with van der Waals surface area (Å²) in [5.74, 6) is 0.592. The molecule has 0 aromatic carbocycles. The zero-order chi connectivity index (χ0) is 13.5. The Morgan fingerprint density at radius 3 is 2.35 bits per heavy atom. The average molecular weight is 282 g/mol. The van der Waals surface area contributed by atoms with Crippen LogP contribution in [0.2, 0.25) is 0 Å². The molecule has 7 heteroatoms. The van der Waals surface area contributed by atoms with Gasteiger partial charge in [0.1, 0.15) is 0 Å². The van der Waals surface area contributed by atoms with Crippen molar-refractivity contribution in [2.45, 2.75) is 20.3 Å². The maximum absolute atomic E-state index is 12.9. The summed E-state index contributed by atoms with van der Waals surface area (Å²) in [6, 6.07) is 0. The van der Waals surface area contributed by atoms with Gasteiger partial charge in [-0.05, 0) is 20.5 Å². The SMILES string of the molecule is CCCSP(=O)(N(C)C)N(CCOC)C(C)=O. The van der Waals surface area contributed by atoms with Crippen LogP contribution in [0.5, 0.6) is 0 Å². The number of methoxy groups -OCH3 is 1. The van der Waals surface area contributed by atoms with Crippen molar-refractivity contribution in [1.82, 2.24) is 9.34 Å². The van der Waals surface area contributed by atoms with E-state index in [1.54, 1.807) is 25.9 Å². The average Bonchev–Trinajstić information content (AvgIpc) is 2.26. The lowest BCUT2D eigenvalue weighted by Crippen LogP contribution is -2.32. The van der Waals surface area contributed by atoms with Gasteiger partial charge in [-0.3, -0.25) is 14.0 Å². The van der Waals surface area contributed by atoms with Crippen LogP contribution in [0.4, 0.5) is 0 Å². The Hall–Kier alpha value is -0.0300. The minimum absolute atomic E-state index is 0.178. The Labute approximate surface area is 108 Å². The van der Waals surface area contributed by atoms with Gasteiger partial charge in [-0.25, -0.2) is 4.67 Å². The van der Waals surface area contributed by atoms with Crippen molar-refractivity contribution in [2.75, 3.05) is 40.1 Å². The number of amides is 1. The fourth-order valence-electron chi connectivity index (χ4n) is 1.25. The van der Waals surface area contributed by atoms with Crippen LogP contribution in [0.25, 0.3) is 0 Å². The predicted octanol–water partition coefficient (Wildman–Crippen LogP) is 2.29. The Kier molecular flexibility index (Phi) is 8.12. The predicted molar refractivity (Wildman–Crippen MR) is 73.3 cm³/mol. The van der Waals surface area contributed by atoms with Gasteiger partial charge in [0, 0.05) is 19.8 Å². The number of carbonyl (C=O) groups is 1. The largest absolute Gasteiger partial charge is 0.383 e. The van der Waals surface area contributed by atoms with Crippen molar-refractivity contribution >= 4 is 23.9 Å². The van der Waals surface area contributed by atoms with Crippen molar-refractivity contribution in [3.63, 3.8) is 0 Å². The molecule has 102 valence electrons. The highest BCUT2D eigenvalue weighted by molar-refractivity contribution is 8.56. The van der Waals surface area contributed by atoms with Crippen molar-refractivity contribution < 1.29 is 14.1 Å². The molecule has 0 saturated carbocycles. The molecule has 0 aliphatic heterocycles. The third-order valence-corrected chi connectivity index (χ3v) is 8.30. The molecule has 17 heavy (non-hydrogen) atoms. The van der Waals surface area contributed by atoms with Gasteiger partial charge in [-0.2, -0.15) is 0 Å². The molecule has 1 atom stereocenters. The van der Waals surface area contributed by atoms with Crippen LogP contribution in [-0.2, 0) is 14.1 Å². The van der Waals surface area contributed by atoms with Crippen LogP contribution in [0.3, 0.4) is 0 Å². The molecule has 0 saturated heterocycles. The molecular weight excluding hydrogens is 259 g/mol. The molecule has 0 aromatic heterocycles. The Balaban J connectivity index is 4.94. The quantitative estimate of drug-likeness (QED) is 0.639. The van der Waals surface area contributed by atoms with Crippen LogP contribution in [-0.4, -0.2) is 55.4 Å². The van der Waals surface area contributed by atoms with E-state index in [4.69, 9.17) is 4.74 Å². The number of nitrogens with zero attached hydrogens (tertiary/aromatic N) is 2. The van der Waals surface area contributed by atoms with E-state index < -0.39 is 6.65 Å². The van der Waals surface area contributed by atoms with E-state index in [9.17, 15) is 9.36 Å². The molecule has 1 unspecified atom stereocenters. The summed E-state index contributed by atoms with van der Waals surface area (Å²) in [4.78, 5) is 11.6. The topological polar surface area (TPSA) is 49.9 Å². The summed E-state index contributed by atoms with van der Waals surface area (Å²) in [5, 5.41) is 0. The van der Waals surface area contributed by atoms with Gasteiger partial charge in [0.2, 0.25) is 5.91 Å². The number of ether oxygens (including phenoxy) is 1. The van der Waals surface area contributed by atoms with Crippen molar-refractivity contribution in [2.24, 2.45) is 0 Å². The van der Waals surface area contributed by atoms with Gasteiger partial charge in [0.15, 0.2) is 0 Å². The fraction of sp³-hybridized carbons (Fsp3) is 0.900. The molecule has 0 aliphatic rings. The van der Waals surface area contributed by atoms with E-state index >= 15 is 0 Å². The van der Waals surface area contributed by atoms with E-state index in [1.807, 2.05) is 6.92 Å². The minimum atomic E-state index is -2.85. The summed E-state index contributed by atoms with van der Waals surface area (Å²) in [5.41, 5.74) is 0. The number of hydrogen-bond acceptors (Lipinski definition) is 4. The highest BCUT2D eigenvalue weighted by Gasteiger charge is 2.35. The third-order valence-electron chi connectivity index (χ3n) is 2.14. The fourth-order valence-corrected chi connectivity index (χ4v) is 6.13. The molecular formula is C10H23N2O3PS. The van der Waals surface area contributed by atoms with E-state index in [-0.39, 0.29) is 5.91 Å². The van der Waals surface area contributed by atoms with E-state index in [1.165, 1.54) is 23.0 Å². The minimum Gasteiger partial charge on any atom is -0.383 e. The molecule has 0 N–H and O–H groups in total. The maximum atomic E-state index is 12.9. The molecule has 0 aliphatic carbocycles. The zero-order valence-electron chi connectivity index (χ0n) is 11.3. The standard InChI is InChI=1S/C10H23N2O3PS/c1-6-9-17-16(14,11(3)4)12(10(2)13)7-8-15-5/h6-9H2,1-5H3. The smallest absolute Gasteiger partial charge is 0.296 e. The Morgan fingerprint density at radius 2 is 2.00 bits per heavy atom. The summed E-state index contributed by atoms with van der Waals surface area (Å²) in [7, 11) is 5.05. The first-order valence-corrected chi connectivity index (χ1v) is 8.80. The first-order chi connectivity index (χ1) is 7.90. The van der Waals surface area contributed by atoms with Crippen molar-refractivity contribution in [3.8, 4) is 0 Å². The summed E-state index contributed by atoms with van der Waals surface area (Å²) < 4.78 is 20.9. The molecule has 0 radical (unpaired) electrons. The summed E-state index contributed by atoms with van der Waals surface area (Å²) >= 11 is 1.35. The second-order valence-electron chi connectivity index (χ2n) is 3.81. The van der Waals surface area contributed by atoms with Crippen LogP contribution in [0.1, 0.15) is 20.3 Å². The maximum Gasteiger partial charge on any atom is 0.296 e. The van der Waals surface area contributed by atoms with Crippen LogP contribution < -0.4 is 0 Å². The summed E-state index contributed by atoms with van der Waals surface area (Å²) in [6.07, 6.45) is 0.929. The second kappa shape index (κ2) is 8.14. The number of hydrogen-bond donors (Lipinski definition) is 0. The van der Waals surface area contributed by atoms with Crippen molar-refractivity contribution in [3.05, 3.63) is 0 Å². The molecule has 0 bridgehead atoms. The van der Waals surface area contributed by atoms with Gasteiger partial charge in [0.05, 0.1) is 13.2 Å². The normalized spacial score (nSPS) is 14.7. The van der Waals surface area contributed by atoms with Crippen LogP contribution in [0, 0.1) is 0 Å². The van der Waals surface area contributed by atoms with Gasteiger partial charge < -0.3 is 4.74 Å². The lowest BCUT2D eigenvalue weighted by Gasteiger charge is -2.34. The van der Waals surface area contributed by atoms with Crippen LogP contribution in [0.15, 0.2) is 0 Å². The van der Waals surface area contributed by atoms with E-state index in [0.29, 0.717) is 13.2 Å². The molecule has 0 rings (SSSR count). The number of carbonyl (C=O) groups excluding carboxylic acids is 1. The highest BCUT2D eigenvalue weighted by atomic mass is 32.7. The van der Waals surface area contributed by atoms with Crippen LogP contribution >= 0.6 is 18.0 Å².